The summed E-state index contributed by atoms with van der Waals surface area (Å²) in [5.74, 6) is 0.454. The van der Waals surface area contributed by atoms with Gasteiger partial charge in [-0.1, -0.05) is 109 Å². The summed E-state index contributed by atoms with van der Waals surface area (Å²) in [6.45, 7) is 17.7. The number of hydrogen-bond acceptors (Lipinski definition) is 4. The molecule has 7 nitrogen and oxygen atoms in total. The Morgan fingerprint density at radius 2 is 1.57 bits per heavy atom. The van der Waals surface area contributed by atoms with Crippen LogP contribution in [0.2, 0.25) is 0 Å². The fourth-order valence-corrected chi connectivity index (χ4v) is 4.36. The van der Waals surface area contributed by atoms with Crippen LogP contribution in [0.1, 0.15) is 81.9 Å². The van der Waals surface area contributed by atoms with Gasteiger partial charge < -0.3 is 15.0 Å². The van der Waals surface area contributed by atoms with Crippen molar-refractivity contribution in [3.8, 4) is 5.88 Å². The topological polar surface area (TPSA) is 76.5 Å². The zero-order valence-corrected chi connectivity index (χ0v) is 28.1. The molecule has 0 radical (unpaired) electrons. The number of benzene rings is 3. The van der Waals surface area contributed by atoms with Gasteiger partial charge in [0, 0.05) is 25.3 Å². The highest BCUT2D eigenvalue weighted by Gasteiger charge is 2.30. The van der Waals surface area contributed by atoms with Crippen LogP contribution in [0.15, 0.2) is 97.6 Å². The number of nitrogens with zero attached hydrogens (tertiary/aromatic N) is 3. The second-order valence-electron chi connectivity index (χ2n) is 9.62. The number of fused-ring (bicyclic) bond motifs is 1. The Labute approximate surface area is 264 Å². The first-order chi connectivity index (χ1) is 21.2. The highest BCUT2D eigenvalue weighted by atomic mass is 16.5. The molecule has 2 amide bonds. The van der Waals surface area contributed by atoms with Crippen molar-refractivity contribution in [3.63, 3.8) is 0 Å². The number of carbonyl (C=O) groups excluding carboxylic acids is 2. The van der Waals surface area contributed by atoms with E-state index in [-0.39, 0.29) is 11.8 Å². The molecule has 1 aromatic heterocycles. The number of aryl methyl sites for hydroxylation is 1. The first-order valence-corrected chi connectivity index (χ1v) is 15.2. The zero-order chi connectivity index (χ0) is 33.2. The van der Waals surface area contributed by atoms with Gasteiger partial charge >= 0.3 is 0 Å². The maximum atomic E-state index is 13.5. The third-order valence-electron chi connectivity index (χ3n) is 6.46. The fourth-order valence-electron chi connectivity index (χ4n) is 4.36. The lowest BCUT2D eigenvalue weighted by molar-refractivity contribution is -0.120. The van der Waals surface area contributed by atoms with Gasteiger partial charge in [-0.2, -0.15) is 5.10 Å². The van der Waals surface area contributed by atoms with Crippen LogP contribution in [0.5, 0.6) is 5.88 Å². The molecule has 4 aromatic rings. The molecular weight excluding hydrogens is 548 g/mol. The molecule has 0 aliphatic heterocycles. The summed E-state index contributed by atoms with van der Waals surface area (Å²) in [7, 11) is 5.02. The van der Waals surface area contributed by atoms with Crippen molar-refractivity contribution in [1.82, 2.24) is 14.7 Å². The molecule has 4 rings (SSSR count). The molecule has 44 heavy (non-hydrogen) atoms. The Bertz CT molecular complexity index is 1470. The van der Waals surface area contributed by atoms with E-state index in [0.29, 0.717) is 28.6 Å². The van der Waals surface area contributed by atoms with E-state index in [9.17, 15) is 9.59 Å². The quantitative estimate of drug-likeness (QED) is 0.205. The first-order valence-electron chi connectivity index (χ1n) is 15.2. The maximum Gasteiger partial charge on any atom is 0.254 e. The average Bonchev–Trinajstić information content (AvgIpc) is 3.38. The van der Waals surface area contributed by atoms with Crippen LogP contribution < -0.4 is 10.1 Å². The molecule has 0 spiro atoms. The van der Waals surface area contributed by atoms with Gasteiger partial charge in [0.1, 0.15) is 6.04 Å². The number of aromatic nitrogens is 2. The highest BCUT2D eigenvalue weighted by molar-refractivity contribution is 6.03. The molecule has 0 bridgehead atoms. The van der Waals surface area contributed by atoms with Crippen LogP contribution in [-0.4, -0.2) is 40.7 Å². The summed E-state index contributed by atoms with van der Waals surface area (Å²) in [5, 5.41) is 8.23. The summed E-state index contributed by atoms with van der Waals surface area (Å²) in [6.07, 6.45) is 5.58. The molecule has 0 fully saturated rings. The van der Waals surface area contributed by atoms with E-state index >= 15 is 0 Å². The van der Waals surface area contributed by atoms with E-state index in [0.717, 1.165) is 10.9 Å². The summed E-state index contributed by atoms with van der Waals surface area (Å²) in [4.78, 5) is 28.5. The summed E-state index contributed by atoms with van der Waals surface area (Å²) < 4.78 is 7.04. The molecule has 1 atom stereocenters. The Balaban J connectivity index is 0.000000962. The number of likely N-dealkylation sites (N-methyl/N-ethyl adjacent to an activating group) is 1. The molecule has 1 unspecified atom stereocenters. The lowest BCUT2D eigenvalue weighted by Gasteiger charge is -2.28. The van der Waals surface area contributed by atoms with Gasteiger partial charge in [0.05, 0.1) is 18.0 Å². The molecule has 236 valence electrons. The van der Waals surface area contributed by atoms with E-state index < -0.39 is 6.04 Å². The van der Waals surface area contributed by atoms with E-state index in [4.69, 9.17) is 4.74 Å². The molecule has 0 saturated carbocycles. The number of amides is 2. The summed E-state index contributed by atoms with van der Waals surface area (Å²) in [6, 6.07) is 21.5. The predicted octanol–water partition coefficient (Wildman–Crippen LogP) is 8.96. The number of carbonyl (C=O) groups is 2. The molecular formula is C37H50N4O3. The number of allylic oxidation sites excluding steroid dienone is 3. The van der Waals surface area contributed by atoms with Crippen LogP contribution in [-0.2, 0) is 11.8 Å². The molecule has 0 saturated heterocycles. The number of rotatable bonds is 8. The summed E-state index contributed by atoms with van der Waals surface area (Å²) in [5.41, 5.74) is 3.69. The molecule has 0 aliphatic carbocycles. The van der Waals surface area contributed by atoms with Gasteiger partial charge in [-0.3, -0.25) is 9.59 Å². The molecule has 0 aliphatic rings. The number of nitrogens with one attached hydrogen (secondary N) is 1. The van der Waals surface area contributed by atoms with Crippen molar-refractivity contribution >= 4 is 28.4 Å². The number of methoxy groups -OCH3 is 1. The Morgan fingerprint density at radius 3 is 2.07 bits per heavy atom. The fraction of sp³-hybridized carbons (Fsp3) is 0.324. The average molecular weight is 599 g/mol. The minimum absolute atomic E-state index is 0.282. The van der Waals surface area contributed by atoms with E-state index in [1.807, 2.05) is 107 Å². The maximum absolute atomic E-state index is 13.5. The zero-order valence-electron chi connectivity index (χ0n) is 28.1. The molecule has 1 N–H and O–H groups in total. The van der Waals surface area contributed by atoms with Crippen molar-refractivity contribution < 1.29 is 14.3 Å². The molecule has 1 heterocycles. The Morgan fingerprint density at radius 1 is 0.955 bits per heavy atom. The van der Waals surface area contributed by atoms with Crippen LogP contribution >= 0.6 is 0 Å². The largest absolute Gasteiger partial charge is 0.481 e. The van der Waals surface area contributed by atoms with Crippen LogP contribution in [0.25, 0.3) is 10.9 Å². The highest BCUT2D eigenvalue weighted by Crippen LogP contribution is 2.28. The smallest absolute Gasteiger partial charge is 0.254 e. The van der Waals surface area contributed by atoms with Gasteiger partial charge in [0.2, 0.25) is 5.88 Å². The SMILES string of the molecule is C=C/C=C\C.CC.CC.COc1c2ccc(C(=O)N(C)C(C(=O)Nc3ccc(C(C)C)cc3)c3ccccc3)cc2nn1C. The van der Waals surface area contributed by atoms with E-state index in [1.165, 1.54) is 10.5 Å². The normalized spacial score (nSPS) is 10.8. The minimum atomic E-state index is -0.817. The van der Waals surface area contributed by atoms with Gasteiger partial charge in [0.25, 0.3) is 11.8 Å². The lowest BCUT2D eigenvalue weighted by Crippen LogP contribution is -2.38. The van der Waals surface area contributed by atoms with Gasteiger partial charge in [-0.15, -0.1) is 0 Å². The van der Waals surface area contributed by atoms with E-state index in [2.05, 4.69) is 30.8 Å². The van der Waals surface area contributed by atoms with Crippen molar-refractivity contribution in [2.24, 2.45) is 7.05 Å². The number of anilines is 1. The monoisotopic (exact) mass is 598 g/mol. The Hall–Kier alpha value is -4.65. The lowest BCUT2D eigenvalue weighted by atomic mass is 10.0. The standard InChI is InChI=1S/C28H30N4O3.C5H8.2C2H6/c1-18(2)19-11-14-22(15-12-19)29-26(33)25(20-9-7-6-8-10-20)31(3)27(34)21-13-16-23-24(17-21)30-32(4)28(23)35-5;1-3-5-4-2;2*1-2/h6-18,25H,1-5H3,(H,29,33);3-5H,1H2,2H3;2*1-2H3/b;5-4-;;. The minimum Gasteiger partial charge on any atom is -0.481 e. The van der Waals surface area contributed by atoms with Gasteiger partial charge in [-0.05, 0) is 54.3 Å². The summed E-state index contributed by atoms with van der Waals surface area (Å²) >= 11 is 0. The first kappa shape index (κ1) is 37.4. The van der Waals surface area contributed by atoms with Crippen molar-refractivity contribution in [1.29, 1.82) is 0 Å². The molecule has 3 aromatic carbocycles. The second-order valence-corrected chi connectivity index (χ2v) is 9.62. The van der Waals surface area contributed by atoms with Crippen LogP contribution in [0.3, 0.4) is 0 Å². The van der Waals surface area contributed by atoms with Crippen LogP contribution in [0.4, 0.5) is 5.69 Å². The van der Waals surface area contributed by atoms with E-state index in [1.54, 1.807) is 44.1 Å². The molecule has 7 heteroatoms. The van der Waals surface area contributed by atoms with Crippen molar-refractivity contribution in [2.45, 2.75) is 60.4 Å². The Kier molecular flexibility index (Phi) is 16.6. The van der Waals surface area contributed by atoms with Gasteiger partial charge in [-0.25, -0.2) is 4.68 Å². The van der Waals surface area contributed by atoms with Gasteiger partial charge in [0.15, 0.2) is 0 Å². The number of hydrogen-bond donors (Lipinski definition) is 1. The third kappa shape index (κ3) is 9.97. The van der Waals surface area contributed by atoms with Crippen molar-refractivity contribution in [3.05, 3.63) is 114 Å². The van der Waals surface area contributed by atoms with Crippen LogP contribution in [0, 0.1) is 0 Å². The third-order valence-corrected chi connectivity index (χ3v) is 6.46. The second kappa shape index (κ2) is 19.5. The van der Waals surface area contributed by atoms with Crippen molar-refractivity contribution in [2.75, 3.05) is 19.5 Å². The number of ether oxygens (including phenoxy) is 1. The predicted molar refractivity (Wildman–Crippen MR) is 185 cm³/mol.